The summed E-state index contributed by atoms with van der Waals surface area (Å²) in [4.78, 5) is 0. The Morgan fingerprint density at radius 1 is 0.155 bits per heavy atom. The van der Waals surface area contributed by atoms with Crippen LogP contribution in [0.3, 0.4) is 0 Å². The molecule has 24 rings (SSSR count). The first-order chi connectivity index (χ1) is 54.5. The Morgan fingerprint density at radius 3 is 0.936 bits per heavy atom. The Balaban J connectivity index is 0.000000132. The van der Waals surface area contributed by atoms with E-state index in [1.165, 1.54) is 148 Å². The second-order valence-corrected chi connectivity index (χ2v) is 29.1. The third-order valence-corrected chi connectivity index (χ3v) is 23.0. The van der Waals surface area contributed by atoms with E-state index in [1.54, 1.807) is 0 Å². The van der Waals surface area contributed by atoms with Gasteiger partial charge in [0.05, 0.1) is 44.1 Å². The first-order valence-electron chi connectivity index (χ1n) is 37.7. The van der Waals surface area contributed by atoms with Gasteiger partial charge in [-0.3, -0.25) is 0 Å². The van der Waals surface area contributed by atoms with Crippen LogP contribution in [0.4, 0.5) is 0 Å². The predicted molar refractivity (Wildman–Crippen MR) is 462 cm³/mol. The number of rotatable bonds is 8. The average molecular weight is 1400 g/mol. The SMILES string of the molecule is c1ccc(-n2c3ccccc3c3cc(-c4ccc5c(c4)c4ccccc4n5-c4ccc5cc(-c6ccc7c(c6)oc6ccccc67)ccc5c4)ccc32)cc1.c1ccc(-n2c3ccccc3c3cc(-c4ccc5c(c4)c4ccccc4n5-c4ccc5cc(-c6cccc7c6oc6ccccc67)ccc5c4)ccc32)cc1. The van der Waals surface area contributed by atoms with Crippen LogP contribution in [0.5, 0.6) is 0 Å². The normalized spacial score (nSPS) is 12.0. The fraction of sp³-hybridized carbons (Fsp3) is 0. The van der Waals surface area contributed by atoms with Gasteiger partial charge in [0, 0.05) is 92.9 Å². The van der Waals surface area contributed by atoms with E-state index in [-0.39, 0.29) is 0 Å². The van der Waals surface area contributed by atoms with Crippen LogP contribution in [0.2, 0.25) is 0 Å². The van der Waals surface area contributed by atoms with Gasteiger partial charge in [-0.15, -0.1) is 0 Å². The lowest BCUT2D eigenvalue weighted by Gasteiger charge is -2.11. The van der Waals surface area contributed by atoms with Crippen molar-refractivity contribution in [3.8, 4) is 67.3 Å². The van der Waals surface area contributed by atoms with Gasteiger partial charge in [-0.05, 0) is 218 Å². The lowest BCUT2D eigenvalue weighted by Crippen LogP contribution is -1.94. The van der Waals surface area contributed by atoms with Gasteiger partial charge in [0.1, 0.15) is 22.3 Å². The smallest absolute Gasteiger partial charge is 0.143 e. The molecule has 0 fully saturated rings. The topological polar surface area (TPSA) is 46.0 Å². The number of nitrogens with zero attached hydrogens (tertiary/aromatic N) is 4. The molecule has 0 N–H and O–H groups in total. The second-order valence-electron chi connectivity index (χ2n) is 29.1. The Labute approximate surface area is 631 Å². The third kappa shape index (κ3) is 9.69. The summed E-state index contributed by atoms with van der Waals surface area (Å²) in [5.74, 6) is 0. The molecule has 6 heteroatoms. The standard InChI is InChI=1S/2C52H32N2O/c1-2-11-38(12-3-1)53-47-18-7-4-13-41(47)45-31-35(24-27-49(45)53)36-25-28-50-46(32-36)42-14-5-8-19-48(42)54(50)39-26-23-33-29-37(22-21-34(33)30-39)40-16-10-17-44-43-15-6-9-20-51(43)55-52(40)44;1-2-10-39(11-3-1)53-47-15-7-4-12-41(47)45-30-36(22-26-49(45)53)37-23-27-50-46(31-37)42-13-5-8-16-48(42)54(50)40-24-20-34-28-33(18-19-35(34)29-40)38-21-25-44-43-14-6-9-17-51(43)55-52(44)32-38/h2*1-32H. The molecule has 512 valence electrons. The van der Waals surface area contributed by atoms with Gasteiger partial charge in [0.25, 0.3) is 0 Å². The minimum Gasteiger partial charge on any atom is -0.456 e. The Kier molecular flexibility index (Phi) is 13.7. The quantitative estimate of drug-likeness (QED) is 0.152. The van der Waals surface area contributed by atoms with Crippen LogP contribution < -0.4 is 0 Å². The minimum atomic E-state index is 0.917. The highest BCUT2D eigenvalue weighted by atomic mass is 16.3. The number of aromatic nitrogens is 4. The van der Waals surface area contributed by atoms with Crippen LogP contribution in [-0.4, -0.2) is 18.3 Å². The fourth-order valence-electron chi connectivity index (χ4n) is 17.8. The summed E-state index contributed by atoms with van der Waals surface area (Å²) in [6.45, 7) is 0. The van der Waals surface area contributed by atoms with E-state index in [0.29, 0.717) is 0 Å². The number of benzene rings is 18. The molecule has 110 heavy (non-hydrogen) atoms. The molecule has 0 radical (unpaired) electrons. The third-order valence-electron chi connectivity index (χ3n) is 23.0. The number of fused-ring (bicyclic) bond motifs is 20. The van der Waals surface area contributed by atoms with Crippen molar-refractivity contribution in [3.63, 3.8) is 0 Å². The van der Waals surface area contributed by atoms with Crippen molar-refractivity contribution in [1.82, 2.24) is 18.3 Å². The zero-order chi connectivity index (χ0) is 72.1. The Bertz CT molecular complexity index is 7910. The molecule has 0 aliphatic carbocycles. The molecule has 0 saturated heterocycles. The highest BCUT2D eigenvalue weighted by Crippen LogP contribution is 2.44. The van der Waals surface area contributed by atoms with Gasteiger partial charge in [-0.25, -0.2) is 0 Å². The van der Waals surface area contributed by atoms with Crippen molar-refractivity contribution in [2.45, 2.75) is 0 Å². The van der Waals surface area contributed by atoms with Crippen LogP contribution >= 0.6 is 0 Å². The fourth-order valence-corrected chi connectivity index (χ4v) is 17.8. The molecule has 0 saturated carbocycles. The molecule has 6 nitrogen and oxygen atoms in total. The number of hydrogen-bond donors (Lipinski definition) is 0. The molecule has 0 aliphatic heterocycles. The van der Waals surface area contributed by atoms with Crippen LogP contribution in [-0.2, 0) is 0 Å². The Hall–Kier alpha value is -14.7. The largest absolute Gasteiger partial charge is 0.456 e. The zero-order valence-electron chi connectivity index (χ0n) is 59.6. The second kappa shape index (κ2) is 24.4. The monoisotopic (exact) mass is 1400 g/mol. The van der Waals surface area contributed by atoms with Crippen LogP contribution in [0.1, 0.15) is 0 Å². The molecule has 0 atom stereocenters. The van der Waals surface area contributed by atoms with Gasteiger partial charge in [0.15, 0.2) is 0 Å². The maximum Gasteiger partial charge on any atom is 0.143 e. The minimum absolute atomic E-state index is 0.917. The molecule has 18 aromatic carbocycles. The van der Waals surface area contributed by atoms with Gasteiger partial charge in [-0.2, -0.15) is 0 Å². The number of hydrogen-bond acceptors (Lipinski definition) is 2. The van der Waals surface area contributed by atoms with E-state index >= 15 is 0 Å². The zero-order valence-corrected chi connectivity index (χ0v) is 59.6. The number of para-hydroxylation sites is 9. The molecule has 24 aromatic rings. The van der Waals surface area contributed by atoms with Crippen LogP contribution in [0.15, 0.2) is 397 Å². The van der Waals surface area contributed by atoms with Crippen molar-refractivity contribution in [1.29, 1.82) is 0 Å². The van der Waals surface area contributed by atoms with E-state index in [2.05, 4.69) is 382 Å². The summed E-state index contributed by atoms with van der Waals surface area (Å²) in [7, 11) is 0. The molecule has 6 heterocycles. The summed E-state index contributed by atoms with van der Waals surface area (Å²) in [5, 5.41) is 19.4. The molecule has 6 aromatic heterocycles. The summed E-state index contributed by atoms with van der Waals surface area (Å²) in [6.07, 6.45) is 0. The lowest BCUT2D eigenvalue weighted by molar-refractivity contribution is 0.669. The summed E-state index contributed by atoms with van der Waals surface area (Å²) >= 11 is 0. The molecular weight excluding hydrogens is 1340 g/mol. The summed E-state index contributed by atoms with van der Waals surface area (Å²) in [5.41, 5.74) is 27.4. The van der Waals surface area contributed by atoms with Crippen molar-refractivity contribution in [2.75, 3.05) is 0 Å². The highest BCUT2D eigenvalue weighted by molar-refractivity contribution is 6.16. The molecule has 0 spiro atoms. The van der Waals surface area contributed by atoms with E-state index in [4.69, 9.17) is 8.83 Å². The average Bonchev–Trinajstić information content (AvgIpc) is 1.58. The van der Waals surface area contributed by atoms with Gasteiger partial charge in [0.2, 0.25) is 0 Å². The summed E-state index contributed by atoms with van der Waals surface area (Å²) in [6, 6.07) is 141. The van der Waals surface area contributed by atoms with Crippen molar-refractivity contribution < 1.29 is 8.83 Å². The first kappa shape index (κ1) is 61.6. The molecule has 0 unspecified atom stereocenters. The van der Waals surface area contributed by atoms with E-state index in [9.17, 15) is 0 Å². The lowest BCUT2D eigenvalue weighted by atomic mass is 9.99. The van der Waals surface area contributed by atoms with E-state index in [1.807, 2.05) is 24.3 Å². The van der Waals surface area contributed by atoms with Crippen LogP contribution in [0.25, 0.3) is 220 Å². The first-order valence-corrected chi connectivity index (χ1v) is 37.7. The molecular formula is C104H64N4O2. The highest BCUT2D eigenvalue weighted by Gasteiger charge is 2.21. The molecule has 0 bridgehead atoms. The van der Waals surface area contributed by atoms with Gasteiger partial charge >= 0.3 is 0 Å². The van der Waals surface area contributed by atoms with Crippen LogP contribution in [0, 0.1) is 0 Å². The predicted octanol–water partition coefficient (Wildman–Crippen LogP) is 28.5. The number of furan rings is 2. The summed E-state index contributed by atoms with van der Waals surface area (Å²) < 4.78 is 22.2. The van der Waals surface area contributed by atoms with E-state index < -0.39 is 0 Å². The molecule has 0 aliphatic rings. The maximum absolute atomic E-state index is 6.39. The van der Waals surface area contributed by atoms with Crippen molar-refractivity contribution in [3.05, 3.63) is 388 Å². The Morgan fingerprint density at radius 2 is 0.464 bits per heavy atom. The van der Waals surface area contributed by atoms with Gasteiger partial charge in [-0.1, -0.05) is 231 Å². The maximum atomic E-state index is 6.39. The van der Waals surface area contributed by atoms with Gasteiger partial charge < -0.3 is 27.1 Å². The van der Waals surface area contributed by atoms with E-state index in [0.717, 1.165) is 71.9 Å². The molecule has 0 amide bonds. The van der Waals surface area contributed by atoms with Crippen molar-refractivity contribution >= 4 is 153 Å². The van der Waals surface area contributed by atoms with Crippen molar-refractivity contribution in [2.24, 2.45) is 0 Å².